The molecule has 2 aromatic rings. The summed E-state index contributed by atoms with van der Waals surface area (Å²) in [4.78, 5) is 24.2. The van der Waals surface area contributed by atoms with Crippen LogP contribution in [0.3, 0.4) is 0 Å². The average Bonchev–Trinajstić information content (AvgIpc) is 2.55. The van der Waals surface area contributed by atoms with Crippen molar-refractivity contribution in [2.24, 2.45) is 14.1 Å². The first-order valence-corrected chi connectivity index (χ1v) is 6.02. The van der Waals surface area contributed by atoms with Crippen LogP contribution in [-0.4, -0.2) is 19.3 Å². The fraction of sp³-hybridized carbons (Fsp3) is 0.308. The van der Waals surface area contributed by atoms with Gasteiger partial charge in [-0.05, 0) is 6.92 Å². The Morgan fingerprint density at radius 1 is 1.05 bits per heavy atom. The molecule has 9 nitrogen and oxygen atoms in total. The highest BCUT2D eigenvalue weighted by atomic mass is 16.2. The molecule has 2 rings (SSSR count). The number of hydrogen-bond donors (Lipinski definition) is 0. The molecule has 0 aliphatic heterocycles. The van der Waals surface area contributed by atoms with E-state index in [1.807, 2.05) is 0 Å². The lowest BCUT2D eigenvalue weighted by molar-refractivity contribution is 0.687. The summed E-state index contributed by atoms with van der Waals surface area (Å²) in [5.41, 5.74) is -3.59. The minimum atomic E-state index is -1.73. The zero-order valence-corrected chi connectivity index (χ0v) is 11.9. The Bertz CT molecular complexity index is 1030. The lowest BCUT2D eigenvalue weighted by atomic mass is 9.87. The van der Waals surface area contributed by atoms with Crippen molar-refractivity contribution in [1.82, 2.24) is 19.3 Å². The Balaban J connectivity index is 3.17. The molecule has 2 aromatic heterocycles. The molecule has 0 spiro atoms. The van der Waals surface area contributed by atoms with Crippen LogP contribution in [-0.2, 0) is 19.5 Å². The van der Waals surface area contributed by atoms with Crippen LogP contribution in [0.25, 0.3) is 11.0 Å². The predicted octanol–water partition coefficient (Wildman–Crippen LogP) is -0.796. The molecule has 0 unspecified atom stereocenters. The molecule has 2 heterocycles. The van der Waals surface area contributed by atoms with Crippen LogP contribution in [0.4, 0.5) is 0 Å². The summed E-state index contributed by atoms with van der Waals surface area (Å²) in [6.07, 6.45) is 0. The molecule has 0 aliphatic rings. The molecule has 0 aliphatic carbocycles. The standard InChI is InChI=1S/C13H9N7O2/c1-13(5-15,6-16)9-7(4-14)8-10(18-17-9)19(2)12(22)20(3)11(8)21/h1-3H3. The summed E-state index contributed by atoms with van der Waals surface area (Å²) in [5, 5.41) is 35.1. The maximum atomic E-state index is 12.3. The first-order valence-electron chi connectivity index (χ1n) is 6.02. The third kappa shape index (κ3) is 1.75. The molecule has 0 N–H and O–H groups in total. The van der Waals surface area contributed by atoms with Gasteiger partial charge in [0, 0.05) is 14.1 Å². The van der Waals surface area contributed by atoms with Crippen molar-refractivity contribution in [3.05, 3.63) is 32.1 Å². The minimum Gasteiger partial charge on any atom is -0.279 e. The van der Waals surface area contributed by atoms with E-state index in [0.717, 1.165) is 9.13 Å². The van der Waals surface area contributed by atoms with Gasteiger partial charge in [-0.3, -0.25) is 13.9 Å². The normalized spacial score (nSPS) is 10.7. The van der Waals surface area contributed by atoms with Gasteiger partial charge in [0.15, 0.2) is 11.1 Å². The average molecular weight is 295 g/mol. The van der Waals surface area contributed by atoms with E-state index in [4.69, 9.17) is 10.5 Å². The van der Waals surface area contributed by atoms with Crippen LogP contribution in [0.2, 0.25) is 0 Å². The van der Waals surface area contributed by atoms with Crippen molar-refractivity contribution in [1.29, 1.82) is 15.8 Å². The van der Waals surface area contributed by atoms with Crippen LogP contribution in [0, 0.1) is 34.0 Å². The molecule has 0 bridgehead atoms. The first kappa shape index (κ1) is 14.9. The highest BCUT2D eigenvalue weighted by Gasteiger charge is 2.34. The van der Waals surface area contributed by atoms with Gasteiger partial charge in [-0.1, -0.05) is 0 Å². The van der Waals surface area contributed by atoms with E-state index in [1.54, 1.807) is 18.2 Å². The van der Waals surface area contributed by atoms with Gasteiger partial charge in [0.1, 0.15) is 17.1 Å². The van der Waals surface area contributed by atoms with Crippen molar-refractivity contribution in [2.45, 2.75) is 12.3 Å². The topological polar surface area (TPSA) is 141 Å². The van der Waals surface area contributed by atoms with Gasteiger partial charge in [-0.25, -0.2) is 4.79 Å². The molecule has 0 atom stereocenters. The maximum absolute atomic E-state index is 12.3. The van der Waals surface area contributed by atoms with Gasteiger partial charge in [0.2, 0.25) is 0 Å². The SMILES string of the molecule is Cn1c(=O)c2c(C#N)c(C(C)(C#N)C#N)nnc2n(C)c1=O. The van der Waals surface area contributed by atoms with E-state index in [0.29, 0.717) is 0 Å². The molecule has 0 saturated carbocycles. The number of hydrogen-bond acceptors (Lipinski definition) is 7. The number of nitriles is 3. The van der Waals surface area contributed by atoms with E-state index in [9.17, 15) is 14.9 Å². The molecular weight excluding hydrogens is 286 g/mol. The van der Waals surface area contributed by atoms with Gasteiger partial charge < -0.3 is 0 Å². The van der Waals surface area contributed by atoms with E-state index in [1.165, 1.54) is 21.0 Å². The molecule has 0 radical (unpaired) electrons. The summed E-state index contributed by atoms with van der Waals surface area (Å²) in [6.45, 7) is 1.27. The molecule has 0 fully saturated rings. The van der Waals surface area contributed by atoms with Crippen LogP contribution in [0.15, 0.2) is 9.59 Å². The summed E-state index contributed by atoms with van der Waals surface area (Å²) >= 11 is 0. The molecule has 0 saturated heterocycles. The summed E-state index contributed by atoms with van der Waals surface area (Å²) < 4.78 is 1.90. The quantitative estimate of drug-likeness (QED) is 0.670. The number of rotatable bonds is 1. The third-order valence-corrected chi connectivity index (χ3v) is 3.40. The van der Waals surface area contributed by atoms with Gasteiger partial charge in [-0.15, -0.1) is 10.2 Å². The summed E-state index contributed by atoms with van der Waals surface area (Å²) in [6, 6.07) is 5.30. The molecular formula is C13H9N7O2. The lowest BCUT2D eigenvalue weighted by Crippen LogP contribution is -2.38. The summed E-state index contributed by atoms with van der Waals surface area (Å²) in [5.74, 6) is 0. The number of fused-ring (bicyclic) bond motifs is 1. The fourth-order valence-corrected chi connectivity index (χ4v) is 2.02. The molecule has 0 amide bonds. The van der Waals surface area contributed by atoms with E-state index >= 15 is 0 Å². The Kier molecular flexibility index (Phi) is 3.25. The van der Waals surface area contributed by atoms with Gasteiger partial charge in [0.25, 0.3) is 5.56 Å². The van der Waals surface area contributed by atoms with Crippen molar-refractivity contribution in [3.63, 3.8) is 0 Å². The second-order valence-corrected chi connectivity index (χ2v) is 4.79. The van der Waals surface area contributed by atoms with Crippen LogP contribution >= 0.6 is 0 Å². The van der Waals surface area contributed by atoms with Gasteiger partial charge >= 0.3 is 5.69 Å². The molecule has 22 heavy (non-hydrogen) atoms. The minimum absolute atomic E-state index is 0.0772. The zero-order chi connectivity index (χ0) is 16.7. The highest BCUT2D eigenvalue weighted by molar-refractivity contribution is 5.82. The fourth-order valence-electron chi connectivity index (χ4n) is 2.02. The predicted molar refractivity (Wildman–Crippen MR) is 73.3 cm³/mol. The number of aryl methyl sites for hydroxylation is 1. The van der Waals surface area contributed by atoms with Crippen molar-refractivity contribution < 1.29 is 0 Å². The first-order chi connectivity index (χ1) is 10.3. The van der Waals surface area contributed by atoms with Crippen molar-refractivity contribution >= 4 is 11.0 Å². The van der Waals surface area contributed by atoms with Crippen LogP contribution < -0.4 is 11.2 Å². The highest BCUT2D eigenvalue weighted by Crippen LogP contribution is 2.25. The van der Waals surface area contributed by atoms with Crippen LogP contribution in [0.1, 0.15) is 18.2 Å². The molecule has 9 heteroatoms. The monoisotopic (exact) mass is 295 g/mol. The maximum Gasteiger partial charge on any atom is 0.332 e. The largest absolute Gasteiger partial charge is 0.332 e. The second-order valence-electron chi connectivity index (χ2n) is 4.79. The van der Waals surface area contributed by atoms with E-state index in [2.05, 4.69) is 10.2 Å². The smallest absolute Gasteiger partial charge is 0.279 e. The lowest BCUT2D eigenvalue weighted by Gasteiger charge is -2.14. The number of nitrogens with zero attached hydrogens (tertiary/aromatic N) is 7. The second kappa shape index (κ2) is 4.80. The van der Waals surface area contributed by atoms with Gasteiger partial charge in [0.05, 0.1) is 17.7 Å². The van der Waals surface area contributed by atoms with Crippen molar-refractivity contribution in [3.8, 4) is 18.2 Å². The molecule has 108 valence electrons. The number of aromatic nitrogens is 4. The van der Waals surface area contributed by atoms with E-state index in [-0.39, 0.29) is 22.3 Å². The Morgan fingerprint density at radius 3 is 2.14 bits per heavy atom. The van der Waals surface area contributed by atoms with Gasteiger partial charge in [-0.2, -0.15) is 15.8 Å². The van der Waals surface area contributed by atoms with Crippen molar-refractivity contribution in [2.75, 3.05) is 0 Å². The Labute approximate surface area is 123 Å². The zero-order valence-electron chi connectivity index (χ0n) is 11.9. The Hall–Kier alpha value is -3.51. The van der Waals surface area contributed by atoms with Crippen LogP contribution in [0.5, 0.6) is 0 Å². The Morgan fingerprint density at radius 2 is 1.64 bits per heavy atom. The van der Waals surface area contributed by atoms with E-state index < -0.39 is 16.7 Å². The summed E-state index contributed by atoms with van der Waals surface area (Å²) in [7, 11) is 2.65. The molecule has 0 aromatic carbocycles. The third-order valence-electron chi connectivity index (χ3n) is 3.40.